The average Bonchev–Trinajstić information content (AvgIpc) is 3.38. The van der Waals surface area contributed by atoms with Crippen LogP contribution in [0.1, 0.15) is 29.3 Å². The van der Waals surface area contributed by atoms with Crippen molar-refractivity contribution in [3.05, 3.63) is 59.7 Å². The van der Waals surface area contributed by atoms with Crippen LogP contribution in [0.4, 0.5) is 11.4 Å². The average molecular weight is 352 g/mol. The Hall–Kier alpha value is -2.27. The van der Waals surface area contributed by atoms with Gasteiger partial charge in [-0.25, -0.2) is 0 Å². The van der Waals surface area contributed by atoms with Gasteiger partial charge in [0.2, 0.25) is 11.8 Å². The normalized spacial score (nSPS) is 20.0. The third-order valence-electron chi connectivity index (χ3n) is 4.56. The summed E-state index contributed by atoms with van der Waals surface area (Å²) in [6.45, 7) is 2.03. The Bertz CT molecular complexity index is 815. The Kier molecular flexibility index (Phi) is 4.25. The lowest BCUT2D eigenvalue weighted by Crippen LogP contribution is -2.27. The van der Waals surface area contributed by atoms with Crippen LogP contribution in [0, 0.1) is 12.8 Å². The fourth-order valence-corrected chi connectivity index (χ4v) is 4.23. The number of benzene rings is 2. The van der Waals surface area contributed by atoms with Crippen molar-refractivity contribution in [3.63, 3.8) is 0 Å². The lowest BCUT2D eigenvalue weighted by Gasteiger charge is -2.25. The molecule has 0 bridgehead atoms. The van der Waals surface area contributed by atoms with Crippen LogP contribution in [0.25, 0.3) is 0 Å². The number of aryl methyl sites for hydroxylation is 1. The largest absolute Gasteiger partial charge is 0.326 e. The van der Waals surface area contributed by atoms with E-state index in [0.29, 0.717) is 5.75 Å². The topological polar surface area (TPSA) is 49.4 Å². The molecule has 4 rings (SSSR count). The summed E-state index contributed by atoms with van der Waals surface area (Å²) in [7, 11) is 0. The second kappa shape index (κ2) is 6.56. The van der Waals surface area contributed by atoms with E-state index in [1.807, 2.05) is 60.4 Å². The Balaban J connectivity index is 1.55. The van der Waals surface area contributed by atoms with E-state index >= 15 is 0 Å². The van der Waals surface area contributed by atoms with Gasteiger partial charge in [-0.3, -0.25) is 14.5 Å². The van der Waals surface area contributed by atoms with Crippen LogP contribution >= 0.6 is 11.8 Å². The van der Waals surface area contributed by atoms with Crippen molar-refractivity contribution in [2.24, 2.45) is 5.92 Å². The van der Waals surface area contributed by atoms with E-state index in [1.165, 1.54) is 0 Å². The second-order valence-corrected chi connectivity index (χ2v) is 7.72. The van der Waals surface area contributed by atoms with Crippen molar-refractivity contribution in [3.8, 4) is 0 Å². The number of hydrogen-bond donors (Lipinski definition) is 1. The summed E-state index contributed by atoms with van der Waals surface area (Å²) < 4.78 is 0. The maximum absolute atomic E-state index is 12.4. The molecule has 0 radical (unpaired) electrons. The molecule has 1 aliphatic heterocycles. The Morgan fingerprint density at radius 3 is 2.60 bits per heavy atom. The van der Waals surface area contributed by atoms with Gasteiger partial charge in [-0.2, -0.15) is 0 Å². The van der Waals surface area contributed by atoms with Gasteiger partial charge in [0.1, 0.15) is 5.37 Å². The number of rotatable bonds is 4. The molecule has 4 nitrogen and oxygen atoms in total. The van der Waals surface area contributed by atoms with E-state index in [-0.39, 0.29) is 23.1 Å². The highest BCUT2D eigenvalue weighted by Gasteiger charge is 2.34. The first-order valence-corrected chi connectivity index (χ1v) is 9.58. The number of thioether (sulfide) groups is 1. The molecule has 1 saturated carbocycles. The van der Waals surface area contributed by atoms with Crippen molar-refractivity contribution in [1.29, 1.82) is 0 Å². The van der Waals surface area contributed by atoms with Gasteiger partial charge < -0.3 is 5.32 Å². The third-order valence-corrected chi connectivity index (χ3v) is 5.77. The molecule has 2 aromatic rings. The zero-order valence-electron chi connectivity index (χ0n) is 14.1. The zero-order chi connectivity index (χ0) is 17.4. The Labute approximate surface area is 151 Å². The monoisotopic (exact) mass is 352 g/mol. The molecular formula is C20H20N2O2S. The summed E-state index contributed by atoms with van der Waals surface area (Å²) in [5, 5.41) is 2.93. The molecule has 1 aliphatic carbocycles. The van der Waals surface area contributed by atoms with E-state index in [4.69, 9.17) is 0 Å². The molecule has 0 aromatic heterocycles. The van der Waals surface area contributed by atoms with Crippen molar-refractivity contribution in [2.75, 3.05) is 16.0 Å². The molecule has 2 fully saturated rings. The number of nitrogens with zero attached hydrogens (tertiary/aromatic N) is 1. The molecular weight excluding hydrogens is 332 g/mol. The fourth-order valence-electron chi connectivity index (χ4n) is 3.05. The van der Waals surface area contributed by atoms with Crippen LogP contribution < -0.4 is 10.2 Å². The van der Waals surface area contributed by atoms with E-state index in [9.17, 15) is 9.59 Å². The van der Waals surface area contributed by atoms with E-state index in [2.05, 4.69) is 5.32 Å². The van der Waals surface area contributed by atoms with Crippen LogP contribution in [0.15, 0.2) is 48.5 Å². The molecule has 1 N–H and O–H groups in total. The number of carbonyl (C=O) groups excluding carboxylic acids is 2. The summed E-state index contributed by atoms with van der Waals surface area (Å²) in [6, 6.07) is 15.9. The molecule has 2 aromatic carbocycles. The Morgan fingerprint density at radius 1 is 1.16 bits per heavy atom. The molecule has 0 spiro atoms. The van der Waals surface area contributed by atoms with Gasteiger partial charge in [0.15, 0.2) is 0 Å². The fraction of sp³-hybridized carbons (Fsp3) is 0.300. The van der Waals surface area contributed by atoms with Gasteiger partial charge in [0, 0.05) is 17.3 Å². The van der Waals surface area contributed by atoms with Crippen LogP contribution in [0.2, 0.25) is 0 Å². The summed E-state index contributed by atoms with van der Waals surface area (Å²) in [6.07, 6.45) is 1.99. The number of amides is 2. The molecule has 2 amide bonds. The maximum atomic E-state index is 12.4. The number of anilines is 2. The predicted octanol–water partition coefficient (Wildman–Crippen LogP) is 4.12. The summed E-state index contributed by atoms with van der Waals surface area (Å²) in [5.74, 6) is 0.921. The molecule has 0 unspecified atom stereocenters. The predicted molar refractivity (Wildman–Crippen MR) is 102 cm³/mol. The molecule has 5 heteroatoms. The lowest BCUT2D eigenvalue weighted by molar-refractivity contribution is -0.117. The lowest BCUT2D eigenvalue weighted by atomic mass is 10.1. The van der Waals surface area contributed by atoms with Crippen LogP contribution in [0.3, 0.4) is 0 Å². The van der Waals surface area contributed by atoms with Crippen molar-refractivity contribution < 1.29 is 9.59 Å². The highest BCUT2D eigenvalue weighted by molar-refractivity contribution is 8.00. The quantitative estimate of drug-likeness (QED) is 0.900. The van der Waals surface area contributed by atoms with Gasteiger partial charge >= 0.3 is 0 Å². The minimum absolute atomic E-state index is 0.0255. The minimum Gasteiger partial charge on any atom is -0.326 e. The smallest absolute Gasteiger partial charge is 0.238 e. The first kappa shape index (κ1) is 16.2. The maximum Gasteiger partial charge on any atom is 0.238 e. The van der Waals surface area contributed by atoms with Crippen molar-refractivity contribution in [2.45, 2.75) is 25.1 Å². The third kappa shape index (κ3) is 3.42. The van der Waals surface area contributed by atoms with E-state index in [0.717, 1.165) is 35.3 Å². The molecule has 2 aliphatic rings. The summed E-state index contributed by atoms with van der Waals surface area (Å²) >= 11 is 1.64. The minimum atomic E-state index is -0.0255. The van der Waals surface area contributed by atoms with Gasteiger partial charge in [-0.15, -0.1) is 11.8 Å². The number of carbonyl (C=O) groups is 2. The SMILES string of the molecule is Cc1cccc(N2C(=O)CS[C@H]2c2ccc(NC(=O)C3CC3)cc2)c1. The first-order chi connectivity index (χ1) is 12.1. The molecule has 25 heavy (non-hydrogen) atoms. The zero-order valence-corrected chi connectivity index (χ0v) is 14.9. The van der Waals surface area contributed by atoms with Crippen LogP contribution in [-0.2, 0) is 9.59 Å². The molecule has 1 atom stereocenters. The van der Waals surface area contributed by atoms with Crippen molar-refractivity contribution in [1.82, 2.24) is 0 Å². The Morgan fingerprint density at radius 2 is 1.92 bits per heavy atom. The summed E-state index contributed by atoms with van der Waals surface area (Å²) in [4.78, 5) is 26.1. The van der Waals surface area contributed by atoms with Crippen LogP contribution in [0.5, 0.6) is 0 Å². The van der Waals surface area contributed by atoms with Gasteiger partial charge in [-0.05, 0) is 55.2 Å². The first-order valence-electron chi connectivity index (χ1n) is 8.53. The second-order valence-electron chi connectivity index (χ2n) is 6.65. The van der Waals surface area contributed by atoms with Gasteiger partial charge in [-0.1, -0.05) is 24.3 Å². The van der Waals surface area contributed by atoms with Crippen LogP contribution in [-0.4, -0.2) is 17.6 Å². The van der Waals surface area contributed by atoms with Gasteiger partial charge in [0.25, 0.3) is 0 Å². The number of nitrogens with one attached hydrogen (secondary N) is 1. The molecule has 128 valence electrons. The number of hydrogen-bond acceptors (Lipinski definition) is 3. The standard InChI is InChI=1S/C20H20N2O2S/c1-13-3-2-4-17(11-13)22-18(23)12-25-20(22)15-7-9-16(10-8-15)21-19(24)14-5-6-14/h2-4,7-11,14,20H,5-6,12H2,1H3,(H,21,24)/t20-/m0/s1. The van der Waals surface area contributed by atoms with Gasteiger partial charge in [0.05, 0.1) is 5.75 Å². The molecule has 1 saturated heterocycles. The van der Waals surface area contributed by atoms with E-state index in [1.54, 1.807) is 11.8 Å². The highest BCUT2D eigenvalue weighted by Crippen LogP contribution is 2.42. The van der Waals surface area contributed by atoms with E-state index < -0.39 is 0 Å². The highest BCUT2D eigenvalue weighted by atomic mass is 32.2. The van der Waals surface area contributed by atoms with Crippen molar-refractivity contribution >= 4 is 35.0 Å². The summed E-state index contributed by atoms with van der Waals surface area (Å²) in [5.41, 5.74) is 3.96. The molecule has 1 heterocycles.